The molecule has 3 aromatic rings. The van der Waals surface area contributed by atoms with Gasteiger partial charge in [0.15, 0.2) is 29.3 Å². The second-order valence-corrected chi connectivity index (χ2v) is 17.2. The number of carbonyl (C=O) groups is 1. The molecule has 242 valence electrons. The van der Waals surface area contributed by atoms with Gasteiger partial charge in [0.05, 0.1) is 24.0 Å². The number of rotatable bonds is 2. The number of hydrogen-bond donors (Lipinski definition) is 4. The Hall–Kier alpha value is -2.07. The molecule has 3 aromatic heterocycles. The van der Waals surface area contributed by atoms with Crippen LogP contribution in [-0.2, 0) is 46.4 Å². The molecule has 0 amide bonds. The second kappa shape index (κ2) is 11.6. The zero-order valence-corrected chi connectivity index (χ0v) is 26.6. The number of nitrogens with two attached hydrogens (primary N) is 1. The van der Waals surface area contributed by atoms with E-state index in [4.69, 9.17) is 52.2 Å². The second-order valence-electron chi connectivity index (χ2n) is 10.2. The monoisotopic (exact) mass is 726 g/mol. The molecule has 17 nitrogen and oxygen atoms in total. The van der Waals surface area contributed by atoms with Gasteiger partial charge >= 0.3 is 13.4 Å². The molecule has 10 atom stereocenters. The van der Waals surface area contributed by atoms with E-state index in [1.165, 1.54) is 23.0 Å². The van der Waals surface area contributed by atoms with Gasteiger partial charge in [0.2, 0.25) is 5.95 Å². The molecule has 0 radical (unpaired) electrons. The molecular formula is C21H22F2N8O9P2S3. The highest BCUT2D eigenvalue weighted by molar-refractivity contribution is 8.07. The molecule has 5 N–H and O–H groups in total. The molecule has 4 aliphatic rings. The van der Waals surface area contributed by atoms with Crippen LogP contribution in [0.3, 0.4) is 0 Å². The molecule has 2 bridgehead atoms. The first-order chi connectivity index (χ1) is 21.3. The number of nitrogens with one attached hydrogen (secondary N) is 1. The van der Waals surface area contributed by atoms with Crippen LogP contribution in [0.2, 0.25) is 0 Å². The van der Waals surface area contributed by atoms with E-state index in [2.05, 4.69) is 25.3 Å². The molecule has 3 saturated heterocycles. The van der Waals surface area contributed by atoms with Crippen molar-refractivity contribution in [3.05, 3.63) is 28.2 Å². The number of aliphatic imine (C=N–C) groups is 1. The molecule has 2 unspecified atom stereocenters. The van der Waals surface area contributed by atoms with Gasteiger partial charge in [0.25, 0.3) is 5.56 Å². The smallest absolute Gasteiger partial charge is 0.325 e. The van der Waals surface area contributed by atoms with Crippen molar-refractivity contribution in [3.8, 4) is 0 Å². The van der Waals surface area contributed by atoms with E-state index in [0.29, 0.717) is 0 Å². The maximum atomic E-state index is 16.0. The van der Waals surface area contributed by atoms with Gasteiger partial charge in [-0.05, 0) is 29.7 Å². The lowest BCUT2D eigenvalue weighted by Gasteiger charge is -2.27. The molecule has 0 saturated carbocycles. The van der Waals surface area contributed by atoms with Crippen molar-refractivity contribution in [2.75, 3.05) is 18.9 Å². The number of carbonyl (C=O) groups excluding carboxylic acids is 1. The van der Waals surface area contributed by atoms with Gasteiger partial charge in [-0.1, -0.05) is 5.21 Å². The van der Waals surface area contributed by atoms with E-state index < -0.39 is 79.7 Å². The first-order valence-corrected chi connectivity index (χ1v) is 19.2. The highest BCUT2D eigenvalue weighted by atomic mass is 32.5. The Kier molecular flexibility index (Phi) is 8.10. The number of thioether (sulfide) groups is 1. The summed E-state index contributed by atoms with van der Waals surface area (Å²) in [6, 6.07) is 1.48. The maximum absolute atomic E-state index is 16.0. The van der Waals surface area contributed by atoms with E-state index in [1.54, 1.807) is 0 Å². The summed E-state index contributed by atoms with van der Waals surface area (Å²) in [4.78, 5) is 57.1. The van der Waals surface area contributed by atoms with Crippen LogP contribution in [0.25, 0.3) is 11.2 Å². The first-order valence-electron chi connectivity index (χ1n) is 13.1. The molecule has 4 aliphatic heterocycles. The Bertz CT molecular complexity index is 1880. The van der Waals surface area contributed by atoms with Crippen LogP contribution in [0.4, 0.5) is 20.5 Å². The van der Waals surface area contributed by atoms with Gasteiger partial charge in [0, 0.05) is 18.8 Å². The van der Waals surface area contributed by atoms with E-state index in [-0.39, 0.29) is 40.7 Å². The fourth-order valence-corrected chi connectivity index (χ4v) is 9.85. The van der Waals surface area contributed by atoms with Crippen LogP contribution in [-0.4, -0.2) is 100 Å². The Balaban J connectivity index is 1.20. The minimum absolute atomic E-state index is 0.0898. The quantitative estimate of drug-likeness (QED) is 0.273. The highest BCUT2D eigenvalue weighted by Gasteiger charge is 2.54. The van der Waals surface area contributed by atoms with Crippen LogP contribution < -0.4 is 11.3 Å². The third kappa shape index (κ3) is 5.74. The standard InChI is InChI=1S/C21H22F2N8O9P2S3/c22-11-10-6-37-42(35,44)39-14-9(38-19(12(14)23)30-4-2-7-8(32)1-3-25-16(7)30)5-36-41(34,43)40-15(11)20(45-10)31-17-13(28-29-31)18(33)27-21(24)26-17/h2-4,9-12,14-15,19-20H,1,5-6H2,(H,34,43)(H,35,44)(H3,24,26,27,33)/t9-,10-,11-,12+,14-,15-,19-,20-,41?,42?/m1/s1. The SMILES string of the molecule is Nc1nc2c(nnn2[C@@H]2S[C@@H]3COP(O)(=S)O[C@H]4[C@H](F)[C@H](n5ccc6c5N=CCC6=O)O[C@@H]4COP(O)(=S)O[C@@H]2[C@@H]3F)c(=O)[nH]1. The van der Waals surface area contributed by atoms with Gasteiger partial charge in [-0.3, -0.25) is 23.6 Å². The fraction of sp³-hybridized carbons (Fsp3) is 0.524. The molecule has 0 aliphatic carbocycles. The number of nitrogen functional groups attached to an aromatic ring is 1. The van der Waals surface area contributed by atoms with Crippen LogP contribution >= 0.6 is 25.2 Å². The first kappa shape index (κ1) is 31.5. The van der Waals surface area contributed by atoms with E-state index in [1.807, 2.05) is 0 Å². The molecule has 3 fully saturated rings. The van der Waals surface area contributed by atoms with Crippen molar-refractivity contribution in [3.63, 3.8) is 0 Å². The summed E-state index contributed by atoms with van der Waals surface area (Å²) in [6.07, 6.45) is -6.94. The van der Waals surface area contributed by atoms with Crippen molar-refractivity contribution in [2.24, 2.45) is 4.99 Å². The number of alkyl halides is 2. The van der Waals surface area contributed by atoms with Crippen LogP contribution in [0.15, 0.2) is 22.1 Å². The number of anilines is 1. The average Bonchev–Trinajstić information content (AvgIpc) is 3.72. The van der Waals surface area contributed by atoms with Gasteiger partial charge in [-0.2, -0.15) is 4.98 Å². The minimum Gasteiger partial charge on any atom is -0.369 e. The number of halogens is 2. The maximum Gasteiger partial charge on any atom is 0.325 e. The number of ketones is 1. The van der Waals surface area contributed by atoms with Crippen molar-refractivity contribution < 1.29 is 46.2 Å². The van der Waals surface area contributed by atoms with E-state index in [9.17, 15) is 19.4 Å². The number of H-pyrrole nitrogens is 1. The summed E-state index contributed by atoms with van der Waals surface area (Å²) in [5, 5.41) is 5.46. The summed E-state index contributed by atoms with van der Waals surface area (Å²) in [5.74, 6) is -0.302. The normalized spacial score (nSPS) is 38.8. The molecule has 7 rings (SSSR count). The summed E-state index contributed by atoms with van der Waals surface area (Å²) < 4.78 is 62.4. The van der Waals surface area contributed by atoms with Crippen molar-refractivity contribution >= 4 is 83.7 Å². The van der Waals surface area contributed by atoms with Crippen LogP contribution in [0.5, 0.6) is 0 Å². The number of Topliss-reactive ketones (excluding diaryl/α,β-unsaturated/α-hetero) is 1. The predicted molar refractivity (Wildman–Crippen MR) is 161 cm³/mol. The molecule has 7 heterocycles. The summed E-state index contributed by atoms with van der Waals surface area (Å²) >= 11 is 11.2. The average molecular weight is 727 g/mol. The topological polar surface area (TPSA) is 223 Å². The highest BCUT2D eigenvalue weighted by Crippen LogP contribution is 2.57. The van der Waals surface area contributed by atoms with Gasteiger partial charge in [-0.15, -0.1) is 16.9 Å². The third-order valence-corrected chi connectivity index (χ3v) is 12.0. The molecule has 0 aromatic carbocycles. The van der Waals surface area contributed by atoms with Crippen molar-refractivity contribution in [1.82, 2.24) is 29.5 Å². The summed E-state index contributed by atoms with van der Waals surface area (Å²) in [6.45, 7) is -9.76. The van der Waals surface area contributed by atoms with Gasteiger partial charge < -0.3 is 33.9 Å². The minimum atomic E-state index is -4.31. The lowest BCUT2D eigenvalue weighted by Crippen LogP contribution is -2.34. The fourth-order valence-electron chi connectivity index (χ4n) is 5.37. The number of aromatic nitrogens is 6. The number of aromatic amines is 1. The Labute approximate surface area is 264 Å². The Morgan fingerprint density at radius 2 is 1.84 bits per heavy atom. The third-order valence-electron chi connectivity index (χ3n) is 7.39. The lowest BCUT2D eigenvalue weighted by molar-refractivity contribution is -0.0446. The number of hydrogen-bond acceptors (Lipinski definition) is 15. The Morgan fingerprint density at radius 3 is 2.62 bits per heavy atom. The summed E-state index contributed by atoms with van der Waals surface area (Å²) in [7, 11) is 0. The molecule has 45 heavy (non-hydrogen) atoms. The number of nitrogens with zero attached hydrogens (tertiary/aromatic N) is 6. The van der Waals surface area contributed by atoms with E-state index >= 15 is 8.78 Å². The van der Waals surface area contributed by atoms with Gasteiger partial charge in [0.1, 0.15) is 35.7 Å². The molecule has 0 spiro atoms. The van der Waals surface area contributed by atoms with Crippen molar-refractivity contribution in [2.45, 2.75) is 53.9 Å². The zero-order chi connectivity index (χ0) is 31.8. The molecular weight excluding hydrogens is 704 g/mol. The number of ether oxygens (including phenoxy) is 1. The van der Waals surface area contributed by atoms with Crippen LogP contribution in [0.1, 0.15) is 28.4 Å². The van der Waals surface area contributed by atoms with E-state index in [0.717, 1.165) is 16.4 Å². The molecule has 24 heteroatoms. The van der Waals surface area contributed by atoms with Gasteiger partial charge in [-0.25, -0.2) is 18.5 Å². The number of fused-ring (bicyclic) bond motifs is 5. The Morgan fingerprint density at radius 1 is 1.11 bits per heavy atom. The van der Waals surface area contributed by atoms with Crippen LogP contribution in [0, 0.1) is 0 Å². The predicted octanol–water partition coefficient (Wildman–Crippen LogP) is 1.33. The zero-order valence-electron chi connectivity index (χ0n) is 22.4. The largest absolute Gasteiger partial charge is 0.369 e. The lowest BCUT2D eigenvalue weighted by atomic mass is 10.1. The van der Waals surface area contributed by atoms with Crippen molar-refractivity contribution in [1.29, 1.82) is 0 Å². The summed E-state index contributed by atoms with van der Waals surface area (Å²) in [5.41, 5.74) is 4.98.